The molecule has 2 spiro atoms. The topological polar surface area (TPSA) is 3.24 Å². The minimum Gasteiger partial charge on any atom is -0.310 e. The second kappa shape index (κ2) is 11.8. The fraction of sp³-hybridized carbons (Fsp3) is 0.345. The summed E-state index contributed by atoms with van der Waals surface area (Å²) in [5.74, 6) is 2.25. The third-order valence-electron chi connectivity index (χ3n) is 16.4. The Bertz CT molecular complexity index is 2570. The van der Waals surface area contributed by atoms with E-state index in [0.717, 1.165) is 5.92 Å². The van der Waals surface area contributed by atoms with Crippen LogP contribution in [0.25, 0.3) is 33.4 Å². The van der Waals surface area contributed by atoms with Gasteiger partial charge in [-0.3, -0.25) is 0 Å². The maximum absolute atomic E-state index is 2.69. The minimum atomic E-state index is -0.0776. The molecule has 6 aromatic rings. The van der Waals surface area contributed by atoms with Crippen molar-refractivity contribution in [2.45, 2.75) is 101 Å². The third-order valence-corrected chi connectivity index (χ3v) is 16.4. The fourth-order valence-corrected chi connectivity index (χ4v) is 14.0. The molecule has 0 amide bonds. The lowest BCUT2D eigenvalue weighted by molar-refractivity contribution is 0.0492. The first-order chi connectivity index (χ1) is 27.4. The Balaban J connectivity index is 1.11. The molecule has 12 rings (SSSR count). The average Bonchev–Trinajstić information content (AvgIpc) is 3.96. The molecule has 2 unspecified atom stereocenters. The lowest BCUT2D eigenvalue weighted by Crippen LogP contribution is -2.49. The molecule has 6 aliphatic carbocycles. The van der Waals surface area contributed by atoms with Gasteiger partial charge in [0.15, 0.2) is 0 Å². The Labute approximate surface area is 333 Å². The van der Waals surface area contributed by atoms with Gasteiger partial charge in [-0.1, -0.05) is 144 Å². The van der Waals surface area contributed by atoms with Gasteiger partial charge in [0.25, 0.3) is 0 Å². The Morgan fingerprint density at radius 3 is 1.77 bits per heavy atom. The summed E-state index contributed by atoms with van der Waals surface area (Å²) in [6.45, 7) is 7.29. The molecule has 278 valence electrons. The molecule has 2 bridgehead atoms. The van der Waals surface area contributed by atoms with Crippen LogP contribution in [0.5, 0.6) is 0 Å². The molecule has 56 heavy (non-hydrogen) atoms. The van der Waals surface area contributed by atoms with Crippen molar-refractivity contribution < 1.29 is 0 Å². The minimum absolute atomic E-state index is 0.0776. The number of nitrogens with zero attached hydrogens (tertiary/aromatic N) is 1. The summed E-state index contributed by atoms with van der Waals surface area (Å²) in [4.78, 5) is 2.69. The molecular weight excluding hydrogens is 675 g/mol. The molecule has 0 aromatic heterocycles. The maximum Gasteiger partial charge on any atom is 0.0543 e. The number of hydrogen-bond acceptors (Lipinski definition) is 1. The van der Waals surface area contributed by atoms with E-state index in [9.17, 15) is 0 Å². The summed E-state index contributed by atoms with van der Waals surface area (Å²) < 4.78 is 0. The number of rotatable bonds is 4. The first kappa shape index (κ1) is 33.3. The van der Waals surface area contributed by atoms with Gasteiger partial charge in [0.1, 0.15) is 0 Å². The lowest BCUT2D eigenvalue weighted by atomic mass is 9.49. The molecule has 2 atom stereocenters. The van der Waals surface area contributed by atoms with Gasteiger partial charge in [-0.05, 0) is 148 Å². The highest BCUT2D eigenvalue weighted by molar-refractivity contribution is 5.97. The molecule has 1 heteroatoms. The molecule has 0 aliphatic heterocycles. The van der Waals surface area contributed by atoms with E-state index >= 15 is 0 Å². The van der Waals surface area contributed by atoms with E-state index in [-0.39, 0.29) is 16.2 Å². The summed E-state index contributed by atoms with van der Waals surface area (Å²) in [5.41, 5.74) is 21.8. The molecule has 3 fully saturated rings. The van der Waals surface area contributed by atoms with Gasteiger partial charge < -0.3 is 4.90 Å². The highest BCUT2D eigenvalue weighted by atomic mass is 15.1. The third kappa shape index (κ3) is 4.17. The van der Waals surface area contributed by atoms with Gasteiger partial charge in [0, 0.05) is 33.2 Å². The van der Waals surface area contributed by atoms with Crippen molar-refractivity contribution in [3.8, 4) is 33.4 Å². The van der Waals surface area contributed by atoms with Crippen molar-refractivity contribution in [3.63, 3.8) is 0 Å². The summed E-state index contributed by atoms with van der Waals surface area (Å²) in [5, 5.41) is 0. The SMILES string of the molecule is CCC1CC2CCCC(C1)C21c2ccccc2-c2c(N(c3ccc4c(c3)C(C)(C)c3ccccc3-4)c3ccc4c(c3)C3(CCCC3)c3ccccc3-4)cccc21. The molecular formula is C55H53N. The Kier molecular flexibility index (Phi) is 7.03. The normalized spacial score (nSPS) is 25.0. The van der Waals surface area contributed by atoms with E-state index in [1.165, 1.54) is 126 Å². The lowest BCUT2D eigenvalue weighted by Gasteiger charge is -2.55. The van der Waals surface area contributed by atoms with Crippen LogP contribution in [0.4, 0.5) is 17.1 Å². The molecule has 3 saturated carbocycles. The van der Waals surface area contributed by atoms with Crippen LogP contribution in [-0.2, 0) is 16.2 Å². The van der Waals surface area contributed by atoms with Crippen LogP contribution in [0.1, 0.15) is 118 Å². The van der Waals surface area contributed by atoms with E-state index < -0.39 is 0 Å². The van der Waals surface area contributed by atoms with E-state index in [4.69, 9.17) is 0 Å². The smallest absolute Gasteiger partial charge is 0.0543 e. The predicted molar refractivity (Wildman–Crippen MR) is 233 cm³/mol. The average molecular weight is 728 g/mol. The monoisotopic (exact) mass is 727 g/mol. The zero-order valence-electron chi connectivity index (χ0n) is 33.4. The largest absolute Gasteiger partial charge is 0.310 e. The van der Waals surface area contributed by atoms with Crippen LogP contribution in [-0.4, -0.2) is 0 Å². The summed E-state index contributed by atoms with van der Waals surface area (Å²) in [6.07, 6.45) is 13.2. The van der Waals surface area contributed by atoms with Crippen LogP contribution < -0.4 is 4.90 Å². The quantitative estimate of drug-likeness (QED) is 0.175. The van der Waals surface area contributed by atoms with Crippen LogP contribution in [0.2, 0.25) is 0 Å². The summed E-state index contributed by atoms with van der Waals surface area (Å²) in [6, 6.07) is 50.5. The van der Waals surface area contributed by atoms with Crippen LogP contribution in [0.15, 0.2) is 127 Å². The number of anilines is 3. The van der Waals surface area contributed by atoms with Crippen molar-refractivity contribution in [2.75, 3.05) is 4.90 Å². The Morgan fingerprint density at radius 1 is 0.518 bits per heavy atom. The van der Waals surface area contributed by atoms with E-state index in [1.54, 1.807) is 22.3 Å². The molecule has 6 aliphatic rings. The highest BCUT2D eigenvalue weighted by Crippen LogP contribution is 2.67. The van der Waals surface area contributed by atoms with Crippen LogP contribution in [0.3, 0.4) is 0 Å². The molecule has 0 heterocycles. The van der Waals surface area contributed by atoms with Crippen molar-refractivity contribution in [1.29, 1.82) is 0 Å². The first-order valence-corrected chi connectivity index (χ1v) is 22.0. The van der Waals surface area contributed by atoms with Crippen molar-refractivity contribution in [2.24, 2.45) is 17.8 Å². The second-order valence-corrected chi connectivity index (χ2v) is 19.0. The van der Waals surface area contributed by atoms with Crippen molar-refractivity contribution in [3.05, 3.63) is 161 Å². The molecule has 6 aromatic carbocycles. The maximum atomic E-state index is 2.69. The standard InChI is InChI=1S/C55H53N/c1-4-35-31-36-15-13-16-37(32-35)55(36)47-22-10-7-19-44(47)52-48(55)23-14-24-51(52)56(38-25-27-42-40-17-5-8-20-45(40)53(2,3)49(42)33-38)39-26-28-43-41-18-6-9-21-46(41)54(50(43)34-39)29-11-12-30-54/h5-10,14,17-28,33-37H,4,11-13,15-16,29-32H2,1-3H3. The fourth-order valence-electron chi connectivity index (χ4n) is 14.0. The van der Waals surface area contributed by atoms with Crippen LogP contribution in [0, 0.1) is 17.8 Å². The van der Waals surface area contributed by atoms with Gasteiger partial charge in [-0.15, -0.1) is 0 Å². The molecule has 1 nitrogen and oxygen atoms in total. The second-order valence-electron chi connectivity index (χ2n) is 19.0. The highest BCUT2D eigenvalue weighted by Gasteiger charge is 2.58. The zero-order chi connectivity index (χ0) is 37.4. The van der Waals surface area contributed by atoms with E-state index in [1.807, 2.05) is 0 Å². The van der Waals surface area contributed by atoms with Gasteiger partial charge >= 0.3 is 0 Å². The van der Waals surface area contributed by atoms with Gasteiger partial charge in [-0.2, -0.15) is 0 Å². The van der Waals surface area contributed by atoms with Gasteiger partial charge in [-0.25, -0.2) is 0 Å². The summed E-state index contributed by atoms with van der Waals surface area (Å²) in [7, 11) is 0. The van der Waals surface area contributed by atoms with Gasteiger partial charge in [0.05, 0.1) is 5.69 Å². The predicted octanol–water partition coefficient (Wildman–Crippen LogP) is 14.8. The number of benzene rings is 6. The Hall–Kier alpha value is -4.88. The molecule has 0 saturated heterocycles. The van der Waals surface area contributed by atoms with Gasteiger partial charge in [0.2, 0.25) is 0 Å². The Morgan fingerprint density at radius 2 is 1.07 bits per heavy atom. The van der Waals surface area contributed by atoms with E-state index in [0.29, 0.717) is 11.8 Å². The molecule has 0 radical (unpaired) electrons. The van der Waals surface area contributed by atoms with E-state index in [2.05, 4.69) is 153 Å². The summed E-state index contributed by atoms with van der Waals surface area (Å²) >= 11 is 0. The van der Waals surface area contributed by atoms with Crippen molar-refractivity contribution in [1.82, 2.24) is 0 Å². The number of fused-ring (bicyclic) bond motifs is 11. The van der Waals surface area contributed by atoms with Crippen molar-refractivity contribution >= 4 is 17.1 Å². The molecule has 0 N–H and O–H groups in total. The van der Waals surface area contributed by atoms with Crippen LogP contribution >= 0.6 is 0 Å². The first-order valence-electron chi connectivity index (χ1n) is 22.0. The number of hydrogen-bond donors (Lipinski definition) is 0. The zero-order valence-corrected chi connectivity index (χ0v) is 33.4.